The van der Waals surface area contributed by atoms with Gasteiger partial charge in [0, 0.05) is 32.0 Å². The molecule has 0 fully saturated rings. The third kappa shape index (κ3) is 4.18. The number of hydrogen-bond donors (Lipinski definition) is 2. The van der Waals surface area contributed by atoms with Gasteiger partial charge in [-0.2, -0.15) is 0 Å². The van der Waals surface area contributed by atoms with Crippen LogP contribution in [-0.2, 0) is 0 Å². The molecule has 0 aliphatic heterocycles. The Balaban J connectivity index is 1.64. The van der Waals surface area contributed by atoms with Gasteiger partial charge in [0.25, 0.3) is 11.8 Å². The number of rotatable bonds is 4. The van der Waals surface area contributed by atoms with Gasteiger partial charge in [0.2, 0.25) is 0 Å². The van der Waals surface area contributed by atoms with Crippen LogP contribution in [0, 0.1) is 3.57 Å². The number of carbonyl (C=O) groups is 2. The van der Waals surface area contributed by atoms with Gasteiger partial charge in [0.1, 0.15) is 0 Å². The Labute approximate surface area is 156 Å². The fraction of sp³-hybridized carbons (Fsp3) is 0. The lowest BCUT2D eigenvalue weighted by atomic mass is 10.1. The molecule has 0 radical (unpaired) electrons. The molecule has 5 nitrogen and oxygen atoms in total. The van der Waals surface area contributed by atoms with E-state index in [-0.39, 0.29) is 11.8 Å². The third-order valence-electron chi connectivity index (χ3n) is 3.16. The van der Waals surface area contributed by atoms with Gasteiger partial charge in [-0.25, -0.2) is 4.98 Å². The van der Waals surface area contributed by atoms with Crippen LogP contribution in [0.5, 0.6) is 0 Å². The minimum atomic E-state index is -0.236. The molecule has 3 rings (SSSR count). The van der Waals surface area contributed by atoms with Gasteiger partial charge in [-0.1, -0.05) is 0 Å². The van der Waals surface area contributed by atoms with Crippen molar-refractivity contribution < 1.29 is 9.59 Å². The van der Waals surface area contributed by atoms with E-state index in [9.17, 15) is 9.59 Å². The van der Waals surface area contributed by atoms with Gasteiger partial charge in [0.05, 0.1) is 0 Å². The molecule has 0 aliphatic carbocycles. The number of carbonyl (C=O) groups excluding carboxylic acids is 2. The summed E-state index contributed by atoms with van der Waals surface area (Å²) in [6.45, 7) is 0. The second kappa shape index (κ2) is 7.54. The number of benzene rings is 2. The summed E-state index contributed by atoms with van der Waals surface area (Å²) >= 11 is 3.54. The highest BCUT2D eigenvalue weighted by Gasteiger charge is 2.09. The molecular formula is C17H12IN3O2S. The highest BCUT2D eigenvalue weighted by molar-refractivity contribution is 14.1. The summed E-state index contributed by atoms with van der Waals surface area (Å²) in [4.78, 5) is 28.2. The van der Waals surface area contributed by atoms with Crippen LogP contribution >= 0.6 is 33.9 Å². The lowest BCUT2D eigenvalue weighted by molar-refractivity contribution is 0.102. The van der Waals surface area contributed by atoms with E-state index in [1.807, 2.05) is 12.1 Å². The summed E-state index contributed by atoms with van der Waals surface area (Å²) in [5.41, 5.74) is 1.71. The second-order valence-corrected chi connectivity index (χ2v) is 6.97. The van der Waals surface area contributed by atoms with Crippen molar-refractivity contribution >= 4 is 56.6 Å². The predicted octanol–water partition coefficient (Wildman–Crippen LogP) is 4.25. The van der Waals surface area contributed by atoms with Crippen molar-refractivity contribution in [1.29, 1.82) is 0 Å². The minimum Gasteiger partial charge on any atom is -0.322 e. The molecular weight excluding hydrogens is 437 g/mol. The van der Waals surface area contributed by atoms with Crippen LogP contribution in [0.15, 0.2) is 60.1 Å². The number of thiazole rings is 1. The smallest absolute Gasteiger partial charge is 0.257 e. The van der Waals surface area contributed by atoms with E-state index >= 15 is 0 Å². The number of aromatic nitrogens is 1. The van der Waals surface area contributed by atoms with Gasteiger partial charge in [0.15, 0.2) is 5.13 Å². The first-order valence-corrected chi connectivity index (χ1v) is 8.95. The summed E-state index contributed by atoms with van der Waals surface area (Å²) in [5.74, 6) is -0.424. The molecule has 1 aromatic heterocycles. The standard InChI is InChI=1S/C17H12IN3O2S/c18-13-5-1-11(2-6-13)15(22)20-14-7-3-12(4-8-14)16(23)21-17-19-9-10-24-17/h1-10H,(H,20,22)(H,19,21,23). The van der Waals surface area contributed by atoms with E-state index in [1.54, 1.807) is 48.0 Å². The van der Waals surface area contributed by atoms with Gasteiger partial charge >= 0.3 is 0 Å². The summed E-state index contributed by atoms with van der Waals surface area (Å²) in [5, 5.41) is 7.86. The van der Waals surface area contributed by atoms with Crippen molar-refractivity contribution in [3.05, 3.63) is 74.8 Å². The lowest BCUT2D eigenvalue weighted by Crippen LogP contribution is -2.13. The van der Waals surface area contributed by atoms with E-state index in [0.717, 1.165) is 3.57 Å². The summed E-state index contributed by atoms with van der Waals surface area (Å²) < 4.78 is 1.07. The zero-order valence-corrected chi connectivity index (χ0v) is 15.3. The normalized spacial score (nSPS) is 10.2. The predicted molar refractivity (Wildman–Crippen MR) is 104 cm³/mol. The van der Waals surface area contributed by atoms with E-state index in [4.69, 9.17) is 0 Å². The van der Waals surface area contributed by atoms with E-state index < -0.39 is 0 Å². The Morgan fingerprint density at radius 1 is 0.875 bits per heavy atom. The third-order valence-corrected chi connectivity index (χ3v) is 4.57. The molecule has 24 heavy (non-hydrogen) atoms. The molecule has 2 amide bonds. The minimum absolute atomic E-state index is 0.189. The van der Waals surface area contributed by atoms with Crippen molar-refractivity contribution in [2.75, 3.05) is 10.6 Å². The van der Waals surface area contributed by atoms with Crippen LogP contribution in [0.3, 0.4) is 0 Å². The Morgan fingerprint density at radius 3 is 2.04 bits per heavy atom. The summed E-state index contributed by atoms with van der Waals surface area (Å²) in [6, 6.07) is 14.0. The maximum atomic E-state index is 12.2. The van der Waals surface area contributed by atoms with Crippen molar-refractivity contribution in [3.63, 3.8) is 0 Å². The first kappa shape index (κ1) is 16.6. The molecule has 0 saturated heterocycles. The molecule has 0 bridgehead atoms. The fourth-order valence-corrected chi connectivity index (χ4v) is 2.85. The Bertz CT molecular complexity index is 847. The van der Waals surface area contributed by atoms with E-state index in [2.05, 4.69) is 38.2 Å². The van der Waals surface area contributed by atoms with Crippen molar-refractivity contribution in [2.24, 2.45) is 0 Å². The molecule has 0 spiro atoms. The number of halogens is 1. The monoisotopic (exact) mass is 449 g/mol. The van der Waals surface area contributed by atoms with Gasteiger partial charge in [-0.3, -0.25) is 14.9 Å². The van der Waals surface area contributed by atoms with E-state index in [0.29, 0.717) is 21.9 Å². The quantitative estimate of drug-likeness (QED) is 0.586. The van der Waals surface area contributed by atoms with Crippen LogP contribution in [0.2, 0.25) is 0 Å². The maximum Gasteiger partial charge on any atom is 0.257 e. The SMILES string of the molecule is O=C(Nc1ccc(C(=O)Nc2nccs2)cc1)c1ccc(I)cc1. The van der Waals surface area contributed by atoms with Crippen LogP contribution in [-0.4, -0.2) is 16.8 Å². The first-order chi connectivity index (χ1) is 11.6. The Morgan fingerprint density at radius 2 is 1.46 bits per heavy atom. The molecule has 0 atom stereocenters. The Hall–Kier alpha value is -2.26. The molecule has 0 aliphatic rings. The first-order valence-electron chi connectivity index (χ1n) is 6.99. The maximum absolute atomic E-state index is 12.2. The highest BCUT2D eigenvalue weighted by Crippen LogP contribution is 2.15. The van der Waals surface area contributed by atoms with Crippen LogP contribution in [0.25, 0.3) is 0 Å². The molecule has 120 valence electrons. The number of nitrogens with one attached hydrogen (secondary N) is 2. The fourth-order valence-electron chi connectivity index (χ4n) is 1.96. The average Bonchev–Trinajstić information content (AvgIpc) is 3.09. The molecule has 1 heterocycles. The molecule has 0 unspecified atom stereocenters. The summed E-state index contributed by atoms with van der Waals surface area (Å²) in [6.07, 6.45) is 1.63. The molecule has 0 saturated carbocycles. The largest absolute Gasteiger partial charge is 0.322 e. The van der Waals surface area contributed by atoms with Crippen molar-refractivity contribution in [1.82, 2.24) is 4.98 Å². The van der Waals surface area contributed by atoms with Crippen molar-refractivity contribution in [3.8, 4) is 0 Å². The Kier molecular flexibility index (Phi) is 5.21. The van der Waals surface area contributed by atoms with Crippen LogP contribution in [0.1, 0.15) is 20.7 Å². The van der Waals surface area contributed by atoms with Crippen LogP contribution in [0.4, 0.5) is 10.8 Å². The number of anilines is 2. The second-order valence-electron chi connectivity index (χ2n) is 4.83. The zero-order chi connectivity index (χ0) is 16.9. The van der Waals surface area contributed by atoms with Crippen LogP contribution < -0.4 is 10.6 Å². The number of amides is 2. The molecule has 3 aromatic rings. The number of nitrogens with zero attached hydrogens (tertiary/aromatic N) is 1. The number of hydrogen-bond acceptors (Lipinski definition) is 4. The highest BCUT2D eigenvalue weighted by atomic mass is 127. The lowest BCUT2D eigenvalue weighted by Gasteiger charge is -2.07. The molecule has 7 heteroatoms. The molecule has 2 N–H and O–H groups in total. The average molecular weight is 449 g/mol. The molecule has 2 aromatic carbocycles. The van der Waals surface area contributed by atoms with Gasteiger partial charge in [-0.05, 0) is 71.1 Å². The topological polar surface area (TPSA) is 71.1 Å². The zero-order valence-electron chi connectivity index (χ0n) is 12.3. The van der Waals surface area contributed by atoms with E-state index in [1.165, 1.54) is 11.3 Å². The van der Waals surface area contributed by atoms with Crippen molar-refractivity contribution in [2.45, 2.75) is 0 Å². The van der Waals surface area contributed by atoms with Gasteiger partial charge in [-0.15, -0.1) is 11.3 Å². The van der Waals surface area contributed by atoms with Gasteiger partial charge < -0.3 is 5.32 Å². The summed E-state index contributed by atoms with van der Waals surface area (Å²) in [7, 11) is 0.